The fraction of sp³-hybridized carbons (Fsp3) is 0.231. The average molecular weight is 244 g/mol. The number of aromatic nitrogens is 1. The van der Waals surface area contributed by atoms with Crippen LogP contribution in [0.1, 0.15) is 34.5 Å². The number of rotatable bonds is 1. The highest BCUT2D eigenvalue weighted by atomic mass is 16.5. The number of nitrogens with zero attached hydrogens (tertiary/aromatic N) is 1. The lowest BCUT2D eigenvalue weighted by atomic mass is 10.0. The Kier molecular flexibility index (Phi) is 2.24. The molecule has 0 saturated carbocycles. The first-order chi connectivity index (χ1) is 8.58. The van der Waals surface area contributed by atoms with E-state index < -0.39 is 5.97 Å². The van der Waals surface area contributed by atoms with Gasteiger partial charge in [0.2, 0.25) is 0 Å². The molecule has 92 valence electrons. The monoisotopic (exact) mass is 244 g/mol. The van der Waals surface area contributed by atoms with Crippen LogP contribution in [0.15, 0.2) is 18.2 Å². The van der Waals surface area contributed by atoms with Gasteiger partial charge >= 0.3 is 5.97 Å². The van der Waals surface area contributed by atoms with Gasteiger partial charge < -0.3 is 15.6 Å². The molecule has 0 bridgehead atoms. The number of fused-ring (bicyclic) bond motifs is 3. The highest BCUT2D eigenvalue weighted by Crippen LogP contribution is 2.38. The molecule has 0 spiro atoms. The molecule has 0 amide bonds. The Morgan fingerprint density at radius 2 is 2.33 bits per heavy atom. The summed E-state index contributed by atoms with van der Waals surface area (Å²) in [7, 11) is 0. The van der Waals surface area contributed by atoms with E-state index in [1.807, 2.05) is 6.92 Å². The summed E-state index contributed by atoms with van der Waals surface area (Å²) in [4.78, 5) is 15.3. The van der Waals surface area contributed by atoms with Gasteiger partial charge in [0.1, 0.15) is 5.82 Å². The van der Waals surface area contributed by atoms with Crippen LogP contribution in [0.4, 0.5) is 5.82 Å². The molecule has 0 aliphatic carbocycles. The fourth-order valence-electron chi connectivity index (χ4n) is 2.40. The summed E-state index contributed by atoms with van der Waals surface area (Å²) in [5.74, 6) is -0.486. The van der Waals surface area contributed by atoms with Gasteiger partial charge in [0.05, 0.1) is 23.8 Å². The maximum atomic E-state index is 11.0. The largest absolute Gasteiger partial charge is 0.478 e. The van der Waals surface area contributed by atoms with Crippen molar-refractivity contribution in [1.82, 2.24) is 4.98 Å². The van der Waals surface area contributed by atoms with Crippen LogP contribution in [0.25, 0.3) is 10.9 Å². The Balaban J connectivity index is 2.35. The third-order valence-corrected chi connectivity index (χ3v) is 3.29. The van der Waals surface area contributed by atoms with Crippen molar-refractivity contribution in [2.45, 2.75) is 19.6 Å². The third-order valence-electron chi connectivity index (χ3n) is 3.29. The minimum Gasteiger partial charge on any atom is -0.478 e. The maximum Gasteiger partial charge on any atom is 0.335 e. The molecule has 2 aromatic rings. The molecule has 1 aromatic carbocycles. The number of hydrogen-bond acceptors (Lipinski definition) is 4. The highest BCUT2D eigenvalue weighted by molar-refractivity contribution is 5.95. The second-order valence-electron chi connectivity index (χ2n) is 4.38. The van der Waals surface area contributed by atoms with Gasteiger partial charge in [-0.05, 0) is 30.7 Å². The highest BCUT2D eigenvalue weighted by Gasteiger charge is 2.25. The van der Waals surface area contributed by atoms with Gasteiger partial charge in [-0.15, -0.1) is 0 Å². The first-order valence-electron chi connectivity index (χ1n) is 5.65. The van der Waals surface area contributed by atoms with Gasteiger partial charge in [-0.1, -0.05) is 0 Å². The maximum absolute atomic E-state index is 11.0. The Hall–Kier alpha value is -2.14. The minimum atomic E-state index is -0.950. The number of benzene rings is 1. The molecule has 1 aromatic heterocycles. The summed E-state index contributed by atoms with van der Waals surface area (Å²) < 4.78 is 5.55. The molecule has 3 N–H and O–H groups in total. The third kappa shape index (κ3) is 1.44. The van der Waals surface area contributed by atoms with Gasteiger partial charge in [0.25, 0.3) is 0 Å². The van der Waals surface area contributed by atoms with E-state index in [0.717, 1.165) is 16.5 Å². The predicted octanol–water partition coefficient (Wildman–Crippen LogP) is 2.11. The quantitative estimate of drug-likeness (QED) is 0.802. The average Bonchev–Trinajstić information content (AvgIpc) is 2.72. The molecule has 3 rings (SSSR count). The van der Waals surface area contributed by atoms with Crippen molar-refractivity contribution in [2.75, 3.05) is 5.73 Å². The van der Waals surface area contributed by atoms with E-state index in [1.54, 1.807) is 12.1 Å². The van der Waals surface area contributed by atoms with Crippen molar-refractivity contribution in [1.29, 1.82) is 0 Å². The molecule has 18 heavy (non-hydrogen) atoms. The standard InChI is InChI=1S/C13H12N2O3/c1-6-11-9(5-18-6)8-4-7(13(16)17)2-3-10(8)15-12(11)14/h2-4,6H,5H2,1H3,(H2,14,15)(H,16,17)/t6-/m0/s1. The number of carboxylic acid groups (broad SMARTS) is 1. The van der Waals surface area contributed by atoms with Crippen molar-refractivity contribution < 1.29 is 14.6 Å². The van der Waals surface area contributed by atoms with Crippen LogP contribution in [-0.2, 0) is 11.3 Å². The Bertz CT molecular complexity index is 667. The van der Waals surface area contributed by atoms with Gasteiger partial charge in [0, 0.05) is 10.9 Å². The van der Waals surface area contributed by atoms with Crippen molar-refractivity contribution in [3.05, 3.63) is 34.9 Å². The number of carboxylic acids is 1. The van der Waals surface area contributed by atoms with Gasteiger partial charge in [-0.2, -0.15) is 0 Å². The molecule has 0 saturated heterocycles. The number of aromatic carboxylic acids is 1. The van der Waals surface area contributed by atoms with Gasteiger partial charge in [-0.3, -0.25) is 0 Å². The Morgan fingerprint density at radius 3 is 3.06 bits per heavy atom. The molecule has 5 nitrogen and oxygen atoms in total. The smallest absolute Gasteiger partial charge is 0.335 e. The van der Waals surface area contributed by atoms with Crippen molar-refractivity contribution in [2.24, 2.45) is 0 Å². The molecular weight excluding hydrogens is 232 g/mol. The normalized spacial score (nSPS) is 17.9. The molecule has 0 radical (unpaired) electrons. The number of hydrogen-bond donors (Lipinski definition) is 2. The van der Waals surface area contributed by atoms with E-state index in [9.17, 15) is 4.79 Å². The molecule has 2 heterocycles. The van der Waals surface area contributed by atoms with Gasteiger partial charge in [-0.25, -0.2) is 9.78 Å². The summed E-state index contributed by atoms with van der Waals surface area (Å²) in [6, 6.07) is 4.84. The van der Waals surface area contributed by atoms with Crippen molar-refractivity contribution in [3.63, 3.8) is 0 Å². The van der Waals surface area contributed by atoms with E-state index >= 15 is 0 Å². The van der Waals surface area contributed by atoms with Crippen molar-refractivity contribution in [3.8, 4) is 0 Å². The second kappa shape index (κ2) is 3.68. The van der Waals surface area contributed by atoms with Crippen LogP contribution in [0.5, 0.6) is 0 Å². The molecule has 1 atom stereocenters. The first-order valence-corrected chi connectivity index (χ1v) is 5.65. The summed E-state index contributed by atoms with van der Waals surface area (Å²) >= 11 is 0. The van der Waals surface area contributed by atoms with Crippen LogP contribution in [0.2, 0.25) is 0 Å². The Morgan fingerprint density at radius 1 is 1.56 bits per heavy atom. The molecular formula is C13H12N2O3. The topological polar surface area (TPSA) is 85.4 Å². The molecule has 1 aliphatic rings. The number of nitrogen functional groups attached to an aromatic ring is 1. The SMILES string of the molecule is C[C@@H]1OCc2c1c(N)nc1ccc(C(=O)O)cc21. The minimum absolute atomic E-state index is 0.0922. The second-order valence-corrected chi connectivity index (χ2v) is 4.38. The van der Waals surface area contributed by atoms with E-state index in [2.05, 4.69) is 4.98 Å². The summed E-state index contributed by atoms with van der Waals surface area (Å²) in [5, 5.41) is 9.83. The van der Waals surface area contributed by atoms with Crippen LogP contribution >= 0.6 is 0 Å². The zero-order valence-corrected chi connectivity index (χ0v) is 9.80. The number of ether oxygens (including phenoxy) is 1. The number of carbonyl (C=O) groups is 1. The van der Waals surface area contributed by atoms with E-state index in [1.165, 1.54) is 6.07 Å². The van der Waals surface area contributed by atoms with Crippen LogP contribution in [-0.4, -0.2) is 16.1 Å². The summed E-state index contributed by atoms with van der Waals surface area (Å²) in [6.07, 6.45) is -0.0922. The van der Waals surface area contributed by atoms with Crippen LogP contribution in [0.3, 0.4) is 0 Å². The first kappa shape index (κ1) is 11.0. The zero-order valence-electron chi connectivity index (χ0n) is 9.80. The van der Waals surface area contributed by atoms with E-state index in [0.29, 0.717) is 17.9 Å². The molecule has 0 unspecified atom stereocenters. The van der Waals surface area contributed by atoms with E-state index in [-0.39, 0.29) is 11.7 Å². The number of pyridine rings is 1. The van der Waals surface area contributed by atoms with Crippen LogP contribution < -0.4 is 5.73 Å². The molecule has 1 aliphatic heterocycles. The summed E-state index contributed by atoms with van der Waals surface area (Å²) in [5.41, 5.74) is 8.70. The van der Waals surface area contributed by atoms with Crippen molar-refractivity contribution >= 4 is 22.7 Å². The van der Waals surface area contributed by atoms with Gasteiger partial charge in [0.15, 0.2) is 0 Å². The lowest BCUT2D eigenvalue weighted by molar-refractivity contribution is 0.0696. The lowest BCUT2D eigenvalue weighted by Crippen LogP contribution is -2.02. The lowest BCUT2D eigenvalue weighted by Gasteiger charge is -2.09. The number of anilines is 1. The zero-order chi connectivity index (χ0) is 12.9. The number of nitrogens with two attached hydrogens (primary N) is 1. The molecule has 0 fully saturated rings. The fourth-order valence-corrected chi connectivity index (χ4v) is 2.40. The molecule has 5 heteroatoms. The van der Waals surface area contributed by atoms with E-state index in [4.69, 9.17) is 15.6 Å². The Labute approximate surface area is 103 Å². The predicted molar refractivity (Wildman–Crippen MR) is 66.3 cm³/mol. The van der Waals surface area contributed by atoms with Crippen LogP contribution in [0, 0.1) is 0 Å². The summed E-state index contributed by atoms with van der Waals surface area (Å²) in [6.45, 7) is 2.36.